The number of amides is 2. The third kappa shape index (κ3) is 5.83. The molecule has 0 saturated heterocycles. The van der Waals surface area contributed by atoms with E-state index < -0.39 is 0 Å². The van der Waals surface area contributed by atoms with Crippen molar-refractivity contribution >= 4 is 35.0 Å². The van der Waals surface area contributed by atoms with Crippen molar-refractivity contribution in [3.8, 4) is 5.75 Å². The summed E-state index contributed by atoms with van der Waals surface area (Å²) >= 11 is 1.22. The number of carbonyl (C=O) groups excluding carboxylic acids is 2. The molecule has 0 aliphatic carbocycles. The van der Waals surface area contributed by atoms with E-state index in [2.05, 4.69) is 10.6 Å². The van der Waals surface area contributed by atoms with Crippen LogP contribution in [0.15, 0.2) is 36.4 Å². The summed E-state index contributed by atoms with van der Waals surface area (Å²) in [5, 5.41) is 15.3. The molecule has 25 heavy (non-hydrogen) atoms. The third-order valence-electron chi connectivity index (χ3n) is 3.55. The molecule has 2 aromatic carbocycles. The first-order chi connectivity index (χ1) is 11.8. The van der Waals surface area contributed by atoms with Crippen LogP contribution >= 0.6 is 11.8 Å². The number of rotatable bonds is 6. The van der Waals surface area contributed by atoms with Crippen molar-refractivity contribution in [3.05, 3.63) is 53.1 Å². The van der Waals surface area contributed by atoms with Gasteiger partial charge >= 0.3 is 0 Å². The summed E-state index contributed by atoms with van der Waals surface area (Å²) in [5.41, 5.74) is 4.21. The summed E-state index contributed by atoms with van der Waals surface area (Å²) in [5.74, 6) is -0.0637. The summed E-state index contributed by atoms with van der Waals surface area (Å²) in [6.45, 7) is 5.80. The van der Waals surface area contributed by atoms with Crippen LogP contribution in [-0.2, 0) is 9.59 Å². The Morgan fingerprint density at radius 2 is 1.40 bits per heavy atom. The first-order valence-corrected chi connectivity index (χ1v) is 9.05. The Labute approximate surface area is 151 Å². The summed E-state index contributed by atoms with van der Waals surface area (Å²) in [7, 11) is 0. The van der Waals surface area contributed by atoms with Crippen LogP contribution in [0.1, 0.15) is 16.7 Å². The summed E-state index contributed by atoms with van der Waals surface area (Å²) in [4.78, 5) is 23.9. The van der Waals surface area contributed by atoms with E-state index in [-0.39, 0.29) is 29.1 Å². The Bertz CT molecular complexity index is 725. The lowest BCUT2D eigenvalue weighted by Gasteiger charge is -2.10. The normalized spacial score (nSPS) is 10.4. The SMILES string of the molecule is Cc1ccc(NC(=O)CSCC(=O)Nc2ccc(C)cc2O)c(C)c1. The van der Waals surface area contributed by atoms with Gasteiger partial charge in [0.05, 0.1) is 17.2 Å². The van der Waals surface area contributed by atoms with Gasteiger partial charge in [0.1, 0.15) is 5.75 Å². The molecule has 132 valence electrons. The van der Waals surface area contributed by atoms with E-state index in [0.29, 0.717) is 5.69 Å². The van der Waals surface area contributed by atoms with E-state index in [1.54, 1.807) is 18.2 Å². The highest BCUT2D eigenvalue weighted by Gasteiger charge is 2.09. The summed E-state index contributed by atoms with van der Waals surface area (Å²) in [6, 6.07) is 10.9. The predicted molar refractivity (Wildman–Crippen MR) is 103 cm³/mol. The smallest absolute Gasteiger partial charge is 0.234 e. The third-order valence-corrected chi connectivity index (χ3v) is 4.48. The van der Waals surface area contributed by atoms with Crippen LogP contribution in [0.4, 0.5) is 11.4 Å². The zero-order valence-electron chi connectivity index (χ0n) is 14.6. The molecule has 2 amide bonds. The van der Waals surface area contributed by atoms with E-state index in [1.165, 1.54) is 11.8 Å². The van der Waals surface area contributed by atoms with Gasteiger partial charge in [-0.1, -0.05) is 23.8 Å². The van der Waals surface area contributed by atoms with E-state index in [1.807, 2.05) is 39.0 Å². The molecule has 0 aliphatic rings. The minimum atomic E-state index is -0.261. The average molecular weight is 358 g/mol. The fraction of sp³-hybridized carbons (Fsp3) is 0.263. The van der Waals surface area contributed by atoms with Crippen LogP contribution in [-0.4, -0.2) is 28.4 Å². The first-order valence-electron chi connectivity index (χ1n) is 7.89. The monoisotopic (exact) mass is 358 g/mol. The molecule has 5 nitrogen and oxygen atoms in total. The molecule has 0 bridgehead atoms. The number of aromatic hydroxyl groups is 1. The lowest BCUT2D eigenvalue weighted by Crippen LogP contribution is -2.18. The molecule has 0 unspecified atom stereocenters. The van der Waals surface area contributed by atoms with Crippen molar-refractivity contribution in [2.24, 2.45) is 0 Å². The fourth-order valence-corrected chi connectivity index (χ4v) is 2.93. The highest BCUT2D eigenvalue weighted by molar-refractivity contribution is 8.00. The predicted octanol–water partition coefficient (Wildman–Crippen LogP) is 3.63. The molecule has 0 heterocycles. The molecule has 2 aromatic rings. The fourth-order valence-electron chi connectivity index (χ4n) is 2.31. The highest BCUT2D eigenvalue weighted by Crippen LogP contribution is 2.24. The number of thioether (sulfide) groups is 1. The molecule has 0 aromatic heterocycles. The number of anilines is 2. The second-order valence-electron chi connectivity index (χ2n) is 5.93. The standard InChI is InChI=1S/C19H22N2O3S/c1-12-4-6-15(14(3)8-12)20-18(23)10-25-11-19(24)21-16-7-5-13(2)9-17(16)22/h4-9,22H,10-11H2,1-3H3,(H,20,23)(H,21,24). The van der Waals surface area contributed by atoms with Crippen LogP contribution in [0.25, 0.3) is 0 Å². The summed E-state index contributed by atoms with van der Waals surface area (Å²) < 4.78 is 0. The van der Waals surface area contributed by atoms with Gasteiger partial charge in [-0.2, -0.15) is 0 Å². The van der Waals surface area contributed by atoms with Crippen molar-refractivity contribution < 1.29 is 14.7 Å². The van der Waals surface area contributed by atoms with Crippen LogP contribution < -0.4 is 10.6 Å². The summed E-state index contributed by atoms with van der Waals surface area (Å²) in [6.07, 6.45) is 0. The van der Waals surface area contributed by atoms with E-state index in [9.17, 15) is 14.7 Å². The number of benzene rings is 2. The van der Waals surface area contributed by atoms with Gasteiger partial charge in [0, 0.05) is 5.69 Å². The number of phenolic OH excluding ortho intramolecular Hbond substituents is 1. The van der Waals surface area contributed by atoms with Crippen molar-refractivity contribution in [2.75, 3.05) is 22.1 Å². The molecule has 0 radical (unpaired) electrons. The zero-order chi connectivity index (χ0) is 18.4. The molecular weight excluding hydrogens is 336 g/mol. The Morgan fingerprint density at radius 1 is 0.880 bits per heavy atom. The Balaban J connectivity index is 1.77. The topological polar surface area (TPSA) is 78.4 Å². The number of hydrogen-bond donors (Lipinski definition) is 3. The number of aryl methyl sites for hydroxylation is 3. The molecule has 0 fully saturated rings. The van der Waals surface area contributed by atoms with Gasteiger partial charge in [-0.05, 0) is 50.1 Å². The van der Waals surface area contributed by atoms with E-state index in [4.69, 9.17) is 0 Å². The largest absolute Gasteiger partial charge is 0.506 e. The first kappa shape index (κ1) is 18.9. The van der Waals surface area contributed by atoms with Crippen molar-refractivity contribution in [1.29, 1.82) is 0 Å². The van der Waals surface area contributed by atoms with Crippen LogP contribution in [0, 0.1) is 20.8 Å². The van der Waals surface area contributed by atoms with Crippen LogP contribution in [0.3, 0.4) is 0 Å². The Hall–Kier alpha value is -2.47. The van der Waals surface area contributed by atoms with Crippen molar-refractivity contribution in [2.45, 2.75) is 20.8 Å². The molecular formula is C19H22N2O3S. The van der Waals surface area contributed by atoms with Gasteiger partial charge in [0.15, 0.2) is 0 Å². The van der Waals surface area contributed by atoms with E-state index in [0.717, 1.165) is 22.4 Å². The van der Waals surface area contributed by atoms with Gasteiger partial charge in [-0.3, -0.25) is 9.59 Å². The molecule has 3 N–H and O–H groups in total. The Kier molecular flexibility index (Phi) is 6.47. The second kappa shape index (κ2) is 8.58. The average Bonchev–Trinajstić information content (AvgIpc) is 2.53. The lowest BCUT2D eigenvalue weighted by atomic mass is 10.1. The van der Waals surface area contributed by atoms with Gasteiger partial charge < -0.3 is 15.7 Å². The van der Waals surface area contributed by atoms with Crippen molar-refractivity contribution in [3.63, 3.8) is 0 Å². The zero-order valence-corrected chi connectivity index (χ0v) is 15.4. The number of phenols is 1. The molecule has 0 atom stereocenters. The highest BCUT2D eigenvalue weighted by atomic mass is 32.2. The molecule has 0 saturated carbocycles. The quantitative estimate of drug-likeness (QED) is 0.689. The van der Waals surface area contributed by atoms with Gasteiger partial charge in [0.25, 0.3) is 0 Å². The molecule has 0 spiro atoms. The van der Waals surface area contributed by atoms with Crippen LogP contribution in [0.5, 0.6) is 5.75 Å². The minimum Gasteiger partial charge on any atom is -0.506 e. The molecule has 6 heteroatoms. The maximum Gasteiger partial charge on any atom is 0.234 e. The maximum atomic E-state index is 12.0. The molecule has 2 rings (SSSR count). The number of hydrogen-bond acceptors (Lipinski definition) is 4. The van der Waals surface area contributed by atoms with Crippen molar-refractivity contribution in [1.82, 2.24) is 0 Å². The minimum absolute atomic E-state index is 0.0333. The van der Waals surface area contributed by atoms with Crippen LogP contribution in [0.2, 0.25) is 0 Å². The van der Waals surface area contributed by atoms with E-state index >= 15 is 0 Å². The number of carbonyl (C=O) groups is 2. The van der Waals surface area contributed by atoms with Gasteiger partial charge in [0.2, 0.25) is 11.8 Å². The second-order valence-corrected chi connectivity index (χ2v) is 6.91. The van der Waals surface area contributed by atoms with Gasteiger partial charge in [-0.15, -0.1) is 11.8 Å². The van der Waals surface area contributed by atoms with Gasteiger partial charge in [-0.25, -0.2) is 0 Å². The number of nitrogens with one attached hydrogen (secondary N) is 2. The lowest BCUT2D eigenvalue weighted by molar-refractivity contribution is -0.114. The molecule has 0 aliphatic heterocycles. The Morgan fingerprint density at radius 3 is 1.96 bits per heavy atom. The maximum absolute atomic E-state index is 12.0.